The van der Waals surface area contributed by atoms with Crippen LogP contribution in [0.1, 0.15) is 16.1 Å². The second-order valence-corrected chi connectivity index (χ2v) is 7.00. The van der Waals surface area contributed by atoms with Gasteiger partial charge < -0.3 is 20.8 Å². The van der Waals surface area contributed by atoms with Crippen molar-refractivity contribution in [1.82, 2.24) is 14.9 Å². The van der Waals surface area contributed by atoms with Crippen LogP contribution in [-0.2, 0) is 13.5 Å². The Hall–Kier alpha value is -3.66. The van der Waals surface area contributed by atoms with Crippen molar-refractivity contribution < 1.29 is 19.8 Å². The third kappa shape index (κ3) is 4.43. The predicted octanol–water partition coefficient (Wildman–Crippen LogP) is 2.28. The van der Waals surface area contributed by atoms with Crippen molar-refractivity contribution in [1.29, 1.82) is 0 Å². The highest BCUT2D eigenvalue weighted by atomic mass is 32.1. The molecule has 4 N–H and O–H groups in total. The molecule has 0 saturated heterocycles. The lowest BCUT2D eigenvalue weighted by Crippen LogP contribution is -2.30. The highest BCUT2D eigenvalue weighted by Crippen LogP contribution is 2.32. The van der Waals surface area contributed by atoms with Gasteiger partial charge in [0.05, 0.1) is 10.6 Å². The normalized spacial score (nSPS) is 10.5. The standard InChI is InChI=1S/C19H18N4O5S/c1-23-16(22-13(18(26)27)14(24)17(23)25)15-12(8-10-29-15)21-19(28)20-9-7-11-5-3-2-4-6-11/h2-6,8,10,24H,7,9H2,1H3,(H,26,27)(H2,20,21,28). The Labute approximate surface area is 169 Å². The quantitative estimate of drug-likeness (QED) is 0.489. The van der Waals surface area contributed by atoms with E-state index in [1.165, 1.54) is 18.4 Å². The number of thiophene rings is 1. The molecule has 9 nitrogen and oxygen atoms in total. The second-order valence-electron chi connectivity index (χ2n) is 6.08. The molecule has 150 valence electrons. The van der Waals surface area contributed by atoms with Crippen molar-refractivity contribution in [2.24, 2.45) is 7.05 Å². The van der Waals surface area contributed by atoms with E-state index in [1.54, 1.807) is 11.4 Å². The Bertz CT molecular complexity index is 1110. The van der Waals surface area contributed by atoms with Crippen LogP contribution in [0.15, 0.2) is 46.6 Å². The monoisotopic (exact) mass is 414 g/mol. The molecule has 2 heterocycles. The number of carboxylic acids is 1. The summed E-state index contributed by atoms with van der Waals surface area (Å²) in [5.74, 6) is -2.43. The summed E-state index contributed by atoms with van der Waals surface area (Å²) >= 11 is 1.18. The fourth-order valence-electron chi connectivity index (χ4n) is 2.65. The lowest BCUT2D eigenvalue weighted by Gasteiger charge is -2.11. The molecule has 10 heteroatoms. The van der Waals surface area contributed by atoms with Crippen LogP contribution in [0, 0.1) is 0 Å². The first-order chi connectivity index (χ1) is 13.9. The van der Waals surface area contributed by atoms with Gasteiger partial charge in [0.25, 0.3) is 5.56 Å². The summed E-state index contributed by atoms with van der Waals surface area (Å²) in [6.07, 6.45) is 0.667. The smallest absolute Gasteiger partial charge is 0.358 e. The number of nitrogens with zero attached hydrogens (tertiary/aromatic N) is 2. The summed E-state index contributed by atoms with van der Waals surface area (Å²) in [5.41, 5.74) is -0.168. The van der Waals surface area contributed by atoms with E-state index >= 15 is 0 Å². The number of aromatic nitrogens is 2. The number of carbonyl (C=O) groups excluding carboxylic acids is 1. The number of nitrogens with one attached hydrogen (secondary N) is 2. The van der Waals surface area contributed by atoms with Crippen LogP contribution >= 0.6 is 11.3 Å². The van der Waals surface area contributed by atoms with E-state index in [0.29, 0.717) is 23.5 Å². The van der Waals surface area contributed by atoms with Crippen LogP contribution in [0.25, 0.3) is 10.7 Å². The predicted molar refractivity (Wildman–Crippen MR) is 109 cm³/mol. The van der Waals surface area contributed by atoms with Crippen molar-refractivity contribution in [2.75, 3.05) is 11.9 Å². The molecular weight excluding hydrogens is 396 g/mol. The van der Waals surface area contributed by atoms with E-state index in [2.05, 4.69) is 15.6 Å². The zero-order valence-electron chi connectivity index (χ0n) is 15.4. The molecular formula is C19H18N4O5S. The third-order valence-corrected chi connectivity index (χ3v) is 5.04. The van der Waals surface area contributed by atoms with E-state index in [1.807, 2.05) is 30.3 Å². The Morgan fingerprint density at radius 1 is 1.21 bits per heavy atom. The lowest BCUT2D eigenvalue weighted by atomic mass is 10.1. The first kappa shape index (κ1) is 20.1. The molecule has 0 aliphatic heterocycles. The van der Waals surface area contributed by atoms with Gasteiger partial charge in [-0.15, -0.1) is 11.3 Å². The molecule has 0 bridgehead atoms. The highest BCUT2D eigenvalue weighted by Gasteiger charge is 2.22. The number of carboxylic acid groups (broad SMARTS) is 1. The van der Waals surface area contributed by atoms with Gasteiger partial charge in [-0.25, -0.2) is 14.6 Å². The number of hydrogen-bond donors (Lipinski definition) is 4. The summed E-state index contributed by atoms with van der Waals surface area (Å²) in [6, 6.07) is 10.9. The molecule has 3 rings (SSSR count). The van der Waals surface area contributed by atoms with Gasteiger partial charge in [-0.2, -0.15) is 0 Å². The maximum atomic E-state index is 12.2. The molecule has 2 aromatic heterocycles. The number of aromatic carboxylic acids is 1. The maximum absolute atomic E-state index is 12.2. The maximum Gasteiger partial charge on any atom is 0.358 e. The number of hydrogen-bond acceptors (Lipinski definition) is 6. The van der Waals surface area contributed by atoms with Gasteiger partial charge in [-0.3, -0.25) is 9.36 Å². The number of carbonyl (C=O) groups is 2. The molecule has 0 aliphatic rings. The number of rotatable bonds is 6. The third-order valence-electron chi connectivity index (χ3n) is 4.13. The van der Waals surface area contributed by atoms with E-state index < -0.39 is 29.0 Å². The van der Waals surface area contributed by atoms with E-state index in [9.17, 15) is 19.5 Å². The summed E-state index contributed by atoms with van der Waals surface area (Å²) < 4.78 is 1.03. The zero-order valence-corrected chi connectivity index (χ0v) is 16.2. The minimum absolute atomic E-state index is 0.0276. The topological polar surface area (TPSA) is 134 Å². The molecule has 0 fully saturated rings. The minimum Gasteiger partial charge on any atom is -0.501 e. The molecule has 3 aromatic rings. The Morgan fingerprint density at radius 3 is 2.62 bits per heavy atom. The van der Waals surface area contributed by atoms with Gasteiger partial charge >= 0.3 is 12.0 Å². The van der Waals surface area contributed by atoms with E-state index in [-0.39, 0.29) is 5.82 Å². The lowest BCUT2D eigenvalue weighted by molar-refractivity contribution is 0.0686. The zero-order chi connectivity index (χ0) is 21.0. The molecule has 2 amide bonds. The number of anilines is 1. The Morgan fingerprint density at radius 2 is 1.93 bits per heavy atom. The first-order valence-corrected chi connectivity index (χ1v) is 9.46. The van der Waals surface area contributed by atoms with Crippen LogP contribution in [0.2, 0.25) is 0 Å². The average molecular weight is 414 g/mol. The summed E-state index contributed by atoms with van der Waals surface area (Å²) in [7, 11) is 1.36. The SMILES string of the molecule is Cn1c(-c2sccc2NC(=O)NCCc2ccccc2)nc(C(=O)O)c(O)c1=O. The molecule has 0 saturated carbocycles. The summed E-state index contributed by atoms with van der Waals surface area (Å²) in [5, 5.41) is 26.0. The molecule has 0 unspecified atom stereocenters. The van der Waals surface area contributed by atoms with Gasteiger partial charge in [0.1, 0.15) is 0 Å². The Kier molecular flexibility index (Phi) is 5.93. The number of urea groups is 1. The van der Waals surface area contributed by atoms with Crippen molar-refractivity contribution in [2.45, 2.75) is 6.42 Å². The molecule has 29 heavy (non-hydrogen) atoms. The molecule has 1 aromatic carbocycles. The molecule has 0 atom stereocenters. The van der Waals surface area contributed by atoms with Crippen LogP contribution < -0.4 is 16.2 Å². The van der Waals surface area contributed by atoms with Crippen molar-refractivity contribution >= 4 is 29.0 Å². The highest BCUT2D eigenvalue weighted by molar-refractivity contribution is 7.14. The first-order valence-electron chi connectivity index (χ1n) is 8.58. The molecule has 0 spiro atoms. The van der Waals surface area contributed by atoms with Gasteiger partial charge in [-0.1, -0.05) is 30.3 Å². The van der Waals surface area contributed by atoms with E-state index in [4.69, 9.17) is 5.11 Å². The number of benzene rings is 1. The van der Waals surface area contributed by atoms with Crippen LogP contribution in [-0.4, -0.2) is 38.3 Å². The van der Waals surface area contributed by atoms with Crippen molar-refractivity contribution in [3.05, 3.63) is 63.4 Å². The molecule has 0 radical (unpaired) electrons. The largest absolute Gasteiger partial charge is 0.501 e. The molecule has 0 aliphatic carbocycles. The summed E-state index contributed by atoms with van der Waals surface area (Å²) in [6.45, 7) is 0.425. The van der Waals surface area contributed by atoms with Crippen LogP contribution in [0.5, 0.6) is 5.75 Å². The van der Waals surface area contributed by atoms with Crippen LogP contribution in [0.4, 0.5) is 10.5 Å². The van der Waals surface area contributed by atoms with Gasteiger partial charge in [0.2, 0.25) is 5.75 Å². The fraction of sp³-hybridized carbons (Fsp3) is 0.158. The number of amides is 2. The minimum atomic E-state index is -1.52. The van der Waals surface area contributed by atoms with Gasteiger partial charge in [0.15, 0.2) is 11.5 Å². The van der Waals surface area contributed by atoms with Crippen molar-refractivity contribution in [3.63, 3.8) is 0 Å². The van der Waals surface area contributed by atoms with Gasteiger partial charge in [0, 0.05) is 13.6 Å². The fourth-order valence-corrected chi connectivity index (χ4v) is 3.53. The van der Waals surface area contributed by atoms with Gasteiger partial charge in [-0.05, 0) is 23.4 Å². The number of aromatic hydroxyl groups is 1. The van der Waals surface area contributed by atoms with Crippen LogP contribution in [0.3, 0.4) is 0 Å². The Balaban J connectivity index is 1.77. The van der Waals surface area contributed by atoms with E-state index in [0.717, 1.165) is 10.1 Å². The second kappa shape index (κ2) is 8.57. The van der Waals surface area contributed by atoms with Crippen molar-refractivity contribution in [3.8, 4) is 16.5 Å². The summed E-state index contributed by atoms with van der Waals surface area (Å²) in [4.78, 5) is 39.9. The average Bonchev–Trinajstić information content (AvgIpc) is 3.14.